The first-order valence-corrected chi connectivity index (χ1v) is 34.4. The molecule has 0 radical (unpaired) electrons. The standard InChI is InChI=1S/C71H123N2O7P/c1-7-10-13-16-19-22-25-27-29-31-33-34-35-36-37-38-40-42-44-46-49-52-55-58-61-64-71(75)80-69(62-59-56-53-50-47-24-21-18-15-12-9-3)68(67-79-81(76,77)78-66-65-73(4,5)6)72-70(74)63-60-57-54-51-48-45-43-41-39-32-30-28-26-23-20-17-14-11-8-2/h10,13,19-20,22-23,27-30,33-34,36-37,39,41,45,48,59,62,68-69H,7-9,11-12,14-18,21,24-26,31-32,35,38,40,42-44,46-47,49-58,60-61,63-67H2,1-6H3,(H-,72,74,76,77)/p+1/b13-10-,22-19-,23-20-,29-27-,30-28-,34-33-,37-36-,41-39-,48-45-,62-59-. The monoisotopic (exact) mass is 1150 g/mol. The number of unbranched alkanes of at least 4 members (excludes halogenated alkanes) is 24. The van der Waals surface area contributed by atoms with Crippen molar-refractivity contribution in [2.75, 3.05) is 40.9 Å². The van der Waals surface area contributed by atoms with Crippen molar-refractivity contribution in [2.45, 2.75) is 277 Å². The van der Waals surface area contributed by atoms with Gasteiger partial charge in [0.15, 0.2) is 0 Å². The van der Waals surface area contributed by atoms with E-state index in [2.05, 4.69) is 135 Å². The van der Waals surface area contributed by atoms with Crippen molar-refractivity contribution < 1.29 is 37.3 Å². The Bertz CT molecular complexity index is 1800. The predicted octanol–water partition coefficient (Wildman–Crippen LogP) is 20.7. The van der Waals surface area contributed by atoms with E-state index in [1.54, 1.807) is 0 Å². The van der Waals surface area contributed by atoms with Gasteiger partial charge in [0.2, 0.25) is 5.91 Å². The van der Waals surface area contributed by atoms with E-state index in [0.717, 1.165) is 122 Å². The molecule has 0 aliphatic heterocycles. The zero-order valence-corrected chi connectivity index (χ0v) is 53.9. The van der Waals surface area contributed by atoms with Crippen LogP contribution in [0.5, 0.6) is 0 Å². The molecule has 464 valence electrons. The van der Waals surface area contributed by atoms with Crippen molar-refractivity contribution in [3.8, 4) is 0 Å². The Kier molecular flexibility index (Phi) is 56.9. The maximum Gasteiger partial charge on any atom is 0.472 e. The summed E-state index contributed by atoms with van der Waals surface area (Å²) in [6, 6.07) is -0.876. The molecule has 3 atom stereocenters. The zero-order chi connectivity index (χ0) is 59.3. The molecule has 0 saturated heterocycles. The minimum Gasteiger partial charge on any atom is -0.456 e. The summed E-state index contributed by atoms with van der Waals surface area (Å²) in [5, 5.41) is 3.04. The van der Waals surface area contributed by atoms with E-state index >= 15 is 0 Å². The van der Waals surface area contributed by atoms with Gasteiger partial charge < -0.3 is 19.4 Å². The molecule has 3 unspecified atom stereocenters. The van der Waals surface area contributed by atoms with E-state index in [9.17, 15) is 19.0 Å². The van der Waals surface area contributed by atoms with Crippen LogP contribution in [0.1, 0.15) is 265 Å². The van der Waals surface area contributed by atoms with Crippen molar-refractivity contribution in [1.29, 1.82) is 0 Å². The smallest absolute Gasteiger partial charge is 0.456 e. The van der Waals surface area contributed by atoms with E-state index in [-0.39, 0.29) is 37.9 Å². The van der Waals surface area contributed by atoms with Crippen LogP contribution in [0.25, 0.3) is 0 Å². The Hall–Kier alpha value is -3.59. The van der Waals surface area contributed by atoms with Crippen LogP contribution in [0.3, 0.4) is 0 Å². The molecule has 0 aromatic heterocycles. The van der Waals surface area contributed by atoms with Crippen molar-refractivity contribution in [2.24, 2.45) is 0 Å². The van der Waals surface area contributed by atoms with Gasteiger partial charge in [-0.25, -0.2) is 4.57 Å². The molecule has 0 spiro atoms. The van der Waals surface area contributed by atoms with Crippen LogP contribution in [-0.2, 0) is 27.9 Å². The maximum atomic E-state index is 13.6. The van der Waals surface area contributed by atoms with Crippen molar-refractivity contribution >= 4 is 19.7 Å². The molecule has 9 nitrogen and oxygen atoms in total. The highest BCUT2D eigenvalue weighted by Gasteiger charge is 2.30. The Balaban J connectivity index is 5.19. The topological polar surface area (TPSA) is 111 Å². The van der Waals surface area contributed by atoms with Gasteiger partial charge in [-0.15, -0.1) is 0 Å². The number of phosphoric ester groups is 1. The summed E-state index contributed by atoms with van der Waals surface area (Å²) in [4.78, 5) is 37.8. The lowest BCUT2D eigenvalue weighted by molar-refractivity contribution is -0.870. The van der Waals surface area contributed by atoms with Gasteiger partial charge in [-0.3, -0.25) is 18.6 Å². The van der Waals surface area contributed by atoms with Crippen molar-refractivity contribution in [3.05, 3.63) is 122 Å². The van der Waals surface area contributed by atoms with Gasteiger partial charge in [-0.1, -0.05) is 252 Å². The normalized spacial score (nSPS) is 14.4. The van der Waals surface area contributed by atoms with Crippen LogP contribution in [0.15, 0.2) is 122 Å². The minimum absolute atomic E-state index is 0.0266. The fraction of sp³-hybridized carbons (Fsp3) is 0.690. The second-order valence-corrected chi connectivity index (χ2v) is 24.4. The SMILES string of the molecule is CC/C=C\C/C=C\C/C=C\C/C=C\C/C=C\CCCCCCCCCCCC(=O)OC(/C=C\CCCCCCCCCCC)C(COP(=O)(O)OCC[N+](C)(C)C)NC(=O)CCCCC/C=C\C/C=C\C/C=C\C/C=C\CCCCC. The number of phosphoric acid groups is 1. The van der Waals surface area contributed by atoms with Gasteiger partial charge in [0.25, 0.3) is 0 Å². The number of nitrogens with one attached hydrogen (secondary N) is 1. The fourth-order valence-electron chi connectivity index (χ4n) is 8.83. The van der Waals surface area contributed by atoms with Crippen LogP contribution < -0.4 is 5.32 Å². The van der Waals surface area contributed by atoms with Crippen LogP contribution in [0.2, 0.25) is 0 Å². The number of allylic oxidation sites excluding steroid dienone is 19. The molecule has 0 saturated carbocycles. The van der Waals surface area contributed by atoms with Gasteiger partial charge in [0.1, 0.15) is 19.3 Å². The van der Waals surface area contributed by atoms with Gasteiger partial charge in [0, 0.05) is 12.8 Å². The molecule has 1 amide bonds. The number of amides is 1. The van der Waals surface area contributed by atoms with Gasteiger partial charge in [-0.05, 0) is 122 Å². The van der Waals surface area contributed by atoms with Crippen LogP contribution in [0.4, 0.5) is 0 Å². The van der Waals surface area contributed by atoms with E-state index in [4.69, 9.17) is 13.8 Å². The number of hydrogen-bond acceptors (Lipinski definition) is 6. The van der Waals surface area contributed by atoms with Crippen LogP contribution in [-0.4, -0.2) is 74.3 Å². The Morgan fingerprint density at radius 1 is 0.444 bits per heavy atom. The van der Waals surface area contributed by atoms with Gasteiger partial charge in [0.05, 0.1) is 33.8 Å². The molecular formula is C71H124N2O7P+. The summed E-state index contributed by atoms with van der Waals surface area (Å²) < 4.78 is 30.7. The molecule has 0 heterocycles. The molecule has 0 aromatic rings. The molecule has 2 N–H and O–H groups in total. The second-order valence-electron chi connectivity index (χ2n) is 22.9. The molecule has 10 heteroatoms. The van der Waals surface area contributed by atoms with Gasteiger partial charge >= 0.3 is 13.8 Å². The summed E-state index contributed by atoms with van der Waals surface area (Å²) in [5.41, 5.74) is 0. The summed E-state index contributed by atoms with van der Waals surface area (Å²) in [7, 11) is 1.46. The van der Waals surface area contributed by atoms with Crippen LogP contribution >= 0.6 is 7.82 Å². The van der Waals surface area contributed by atoms with E-state index in [0.29, 0.717) is 17.4 Å². The quantitative estimate of drug-likeness (QED) is 0.0205. The molecule has 0 aliphatic rings. The average molecular weight is 1150 g/mol. The Morgan fingerprint density at radius 3 is 1.22 bits per heavy atom. The third-order valence-corrected chi connectivity index (χ3v) is 14.9. The number of hydrogen-bond donors (Lipinski definition) is 2. The third-order valence-electron chi connectivity index (χ3n) is 13.9. The lowest BCUT2D eigenvalue weighted by Gasteiger charge is -2.27. The number of esters is 1. The first kappa shape index (κ1) is 77.4. The molecule has 0 bridgehead atoms. The van der Waals surface area contributed by atoms with Crippen molar-refractivity contribution in [3.63, 3.8) is 0 Å². The highest BCUT2D eigenvalue weighted by Crippen LogP contribution is 2.43. The Morgan fingerprint density at radius 2 is 0.790 bits per heavy atom. The first-order valence-electron chi connectivity index (χ1n) is 32.9. The fourth-order valence-corrected chi connectivity index (χ4v) is 9.57. The minimum atomic E-state index is -4.47. The van der Waals surface area contributed by atoms with E-state index in [1.165, 1.54) is 103 Å². The molecule has 0 aliphatic carbocycles. The molecule has 0 fully saturated rings. The summed E-state index contributed by atoms with van der Waals surface area (Å²) in [6.45, 7) is 6.83. The number of nitrogens with zero attached hydrogens (tertiary/aromatic N) is 1. The predicted molar refractivity (Wildman–Crippen MR) is 350 cm³/mol. The largest absolute Gasteiger partial charge is 0.472 e. The summed E-state index contributed by atoms with van der Waals surface area (Å²) in [6.07, 6.45) is 83.4. The number of likely N-dealkylation sites (N-methyl/N-ethyl adjacent to an activating group) is 1. The number of carbonyl (C=O) groups excluding carboxylic acids is 2. The first-order chi connectivity index (χ1) is 39.4. The molecule has 81 heavy (non-hydrogen) atoms. The van der Waals surface area contributed by atoms with Crippen molar-refractivity contribution in [1.82, 2.24) is 5.32 Å². The zero-order valence-electron chi connectivity index (χ0n) is 53.0. The van der Waals surface area contributed by atoms with Crippen LogP contribution in [0, 0.1) is 0 Å². The average Bonchev–Trinajstić information content (AvgIpc) is 3.43. The third kappa shape index (κ3) is 60.8. The highest BCUT2D eigenvalue weighted by atomic mass is 31.2. The van der Waals surface area contributed by atoms with E-state index < -0.39 is 20.0 Å². The molecular weight excluding hydrogens is 1020 g/mol. The molecule has 0 rings (SSSR count). The lowest BCUT2D eigenvalue weighted by Crippen LogP contribution is -2.47. The second kappa shape index (κ2) is 59.6. The number of ether oxygens (including phenoxy) is 1. The van der Waals surface area contributed by atoms with Gasteiger partial charge in [-0.2, -0.15) is 0 Å². The summed E-state index contributed by atoms with van der Waals surface area (Å²) in [5.74, 6) is -0.554. The summed E-state index contributed by atoms with van der Waals surface area (Å²) >= 11 is 0. The Labute approximate surface area is 499 Å². The number of rotatable bonds is 58. The molecule has 0 aromatic carbocycles. The maximum absolute atomic E-state index is 13.6. The lowest BCUT2D eigenvalue weighted by atomic mass is 10.1. The number of carbonyl (C=O) groups is 2. The number of quaternary nitrogens is 1. The highest BCUT2D eigenvalue weighted by molar-refractivity contribution is 7.47. The van der Waals surface area contributed by atoms with E-state index in [1.807, 2.05) is 33.3 Å².